The number of carbonyl (C=O) groups is 1. The Balaban J connectivity index is 1.78. The van der Waals surface area contributed by atoms with Crippen molar-refractivity contribution in [3.05, 3.63) is 53.1 Å². The van der Waals surface area contributed by atoms with Crippen molar-refractivity contribution in [3.8, 4) is 17.2 Å². The number of aliphatic imine (C=N–C) groups is 2. The molecule has 1 amide bonds. The third kappa shape index (κ3) is 2.46. The maximum Gasteiger partial charge on any atom is 0.260 e. The van der Waals surface area contributed by atoms with E-state index in [1.54, 1.807) is 18.2 Å². The zero-order chi connectivity index (χ0) is 17.6. The van der Waals surface area contributed by atoms with Crippen LogP contribution >= 0.6 is 0 Å². The van der Waals surface area contributed by atoms with Crippen LogP contribution in [0.5, 0.6) is 17.2 Å². The molecule has 0 bridgehead atoms. The van der Waals surface area contributed by atoms with Crippen molar-refractivity contribution in [3.63, 3.8) is 0 Å². The highest BCUT2D eigenvalue weighted by Crippen LogP contribution is 2.35. The molecular weight excluding hydrogens is 320 g/mol. The summed E-state index contributed by atoms with van der Waals surface area (Å²) in [7, 11) is 1.46. The summed E-state index contributed by atoms with van der Waals surface area (Å²) in [5.74, 6) is 0.526. The number of amidine groups is 1. The van der Waals surface area contributed by atoms with Gasteiger partial charge in [0.15, 0.2) is 17.3 Å². The number of phenolic OH excluding ortho intramolecular Hbond substituents is 1. The zero-order valence-corrected chi connectivity index (χ0v) is 13.8. The van der Waals surface area contributed by atoms with Gasteiger partial charge in [-0.3, -0.25) is 4.79 Å². The molecule has 0 saturated carbocycles. The normalized spacial score (nSPS) is 18.5. The summed E-state index contributed by atoms with van der Waals surface area (Å²) < 4.78 is 11.0. The molecule has 6 heteroatoms. The summed E-state index contributed by atoms with van der Waals surface area (Å²) in [5.41, 5.74) is 2.29. The third-order valence-corrected chi connectivity index (χ3v) is 4.41. The molecule has 1 unspecified atom stereocenters. The van der Waals surface area contributed by atoms with Crippen LogP contribution in [0.2, 0.25) is 0 Å². The summed E-state index contributed by atoms with van der Waals surface area (Å²) >= 11 is 0. The highest BCUT2D eigenvalue weighted by molar-refractivity contribution is 6.20. The molecule has 6 nitrogen and oxygen atoms in total. The lowest BCUT2D eigenvalue weighted by atomic mass is 9.92. The fraction of sp³-hybridized carbons (Fsp3) is 0.211. The minimum atomic E-state index is -0.522. The molecular formula is C19H16N2O4. The summed E-state index contributed by atoms with van der Waals surface area (Å²) in [5, 5.41) is 10.3. The molecule has 0 aliphatic carbocycles. The predicted molar refractivity (Wildman–Crippen MR) is 92.6 cm³/mol. The fourth-order valence-corrected chi connectivity index (χ4v) is 3.10. The van der Waals surface area contributed by atoms with E-state index < -0.39 is 5.92 Å². The minimum Gasteiger partial charge on any atom is -0.504 e. The summed E-state index contributed by atoms with van der Waals surface area (Å²) in [4.78, 5) is 21.0. The average molecular weight is 336 g/mol. The van der Waals surface area contributed by atoms with Crippen molar-refractivity contribution in [2.75, 3.05) is 7.11 Å². The Bertz CT molecular complexity index is 946. The molecule has 2 heterocycles. The molecule has 2 aliphatic rings. The van der Waals surface area contributed by atoms with Crippen molar-refractivity contribution in [2.45, 2.75) is 13.3 Å². The summed E-state index contributed by atoms with van der Waals surface area (Å²) in [6.45, 7) is 1.95. The van der Waals surface area contributed by atoms with Gasteiger partial charge in [-0.2, -0.15) is 9.98 Å². The monoisotopic (exact) mass is 336 g/mol. The van der Waals surface area contributed by atoms with E-state index in [-0.39, 0.29) is 17.5 Å². The van der Waals surface area contributed by atoms with Crippen LogP contribution in [0.25, 0.3) is 0 Å². The van der Waals surface area contributed by atoms with E-state index in [9.17, 15) is 9.90 Å². The van der Waals surface area contributed by atoms with E-state index >= 15 is 0 Å². The van der Waals surface area contributed by atoms with Crippen LogP contribution in [0.3, 0.4) is 0 Å². The molecule has 0 spiro atoms. The number of phenols is 1. The van der Waals surface area contributed by atoms with Gasteiger partial charge in [0.1, 0.15) is 11.7 Å². The molecule has 1 N–H and O–H groups in total. The largest absolute Gasteiger partial charge is 0.504 e. The number of para-hydroxylation sites is 2. The lowest BCUT2D eigenvalue weighted by Gasteiger charge is -2.28. The predicted octanol–water partition coefficient (Wildman–Crippen LogP) is 2.65. The first kappa shape index (κ1) is 15.4. The molecule has 1 atom stereocenters. The van der Waals surface area contributed by atoms with E-state index in [4.69, 9.17) is 9.47 Å². The van der Waals surface area contributed by atoms with Crippen LogP contribution in [0.15, 0.2) is 46.4 Å². The van der Waals surface area contributed by atoms with Crippen molar-refractivity contribution < 1.29 is 19.4 Å². The number of fused-ring (bicyclic) bond motifs is 2. The zero-order valence-electron chi connectivity index (χ0n) is 13.8. The lowest BCUT2D eigenvalue weighted by Crippen LogP contribution is -2.37. The smallest absolute Gasteiger partial charge is 0.260 e. The van der Waals surface area contributed by atoms with E-state index in [2.05, 4.69) is 9.98 Å². The lowest BCUT2D eigenvalue weighted by molar-refractivity contribution is -0.120. The highest BCUT2D eigenvalue weighted by atomic mass is 16.5. The van der Waals surface area contributed by atoms with Gasteiger partial charge in [-0.15, -0.1) is 0 Å². The topological polar surface area (TPSA) is 80.5 Å². The Labute approximate surface area is 144 Å². The standard InChI is InChI=1S/C19H16N2O4/c1-10-5-3-6-11-9-13-18(23)20-17(21-19(13)25-16(10)11)12-7-4-8-14(24-2)15(12)22/h3-8,13,22H,9H2,1-2H3. The Morgan fingerprint density at radius 3 is 2.80 bits per heavy atom. The second kappa shape index (κ2) is 5.73. The van der Waals surface area contributed by atoms with Gasteiger partial charge >= 0.3 is 0 Å². The molecule has 2 aliphatic heterocycles. The van der Waals surface area contributed by atoms with Crippen molar-refractivity contribution in [2.24, 2.45) is 15.9 Å². The first-order valence-electron chi connectivity index (χ1n) is 7.92. The minimum absolute atomic E-state index is 0.105. The molecule has 0 radical (unpaired) electrons. The summed E-state index contributed by atoms with van der Waals surface area (Å²) in [6, 6.07) is 10.8. The van der Waals surface area contributed by atoms with Crippen LogP contribution in [0.4, 0.5) is 0 Å². The maximum atomic E-state index is 12.5. The van der Waals surface area contributed by atoms with Gasteiger partial charge in [0.05, 0.1) is 12.7 Å². The van der Waals surface area contributed by atoms with E-state index in [1.165, 1.54) is 7.11 Å². The van der Waals surface area contributed by atoms with Gasteiger partial charge in [0.2, 0.25) is 5.90 Å². The van der Waals surface area contributed by atoms with Crippen LogP contribution in [0, 0.1) is 12.8 Å². The Kier molecular flexibility index (Phi) is 3.53. The van der Waals surface area contributed by atoms with Gasteiger partial charge in [-0.1, -0.05) is 24.3 Å². The van der Waals surface area contributed by atoms with Gasteiger partial charge in [0, 0.05) is 0 Å². The van der Waals surface area contributed by atoms with Crippen LogP contribution in [0.1, 0.15) is 16.7 Å². The highest BCUT2D eigenvalue weighted by Gasteiger charge is 2.36. The number of aryl methyl sites for hydroxylation is 1. The molecule has 2 aromatic rings. The first-order valence-corrected chi connectivity index (χ1v) is 7.92. The number of benzene rings is 2. The maximum absolute atomic E-state index is 12.5. The molecule has 4 rings (SSSR count). The number of methoxy groups -OCH3 is 1. The van der Waals surface area contributed by atoms with Crippen LogP contribution in [-0.2, 0) is 11.2 Å². The van der Waals surface area contributed by atoms with Gasteiger partial charge in [0.25, 0.3) is 5.91 Å². The van der Waals surface area contributed by atoms with Gasteiger partial charge in [-0.05, 0) is 36.6 Å². The molecule has 0 aromatic heterocycles. The summed E-state index contributed by atoms with van der Waals surface area (Å²) in [6.07, 6.45) is 0.509. The van der Waals surface area contributed by atoms with Crippen LogP contribution < -0.4 is 9.47 Å². The number of hydrogen-bond donors (Lipinski definition) is 1. The van der Waals surface area contributed by atoms with E-state index in [0.717, 1.165) is 16.9 Å². The number of ether oxygens (including phenoxy) is 2. The number of nitrogens with zero attached hydrogens (tertiary/aromatic N) is 2. The number of amides is 1. The second-order valence-corrected chi connectivity index (χ2v) is 6.00. The Morgan fingerprint density at radius 2 is 2.00 bits per heavy atom. The number of carbonyl (C=O) groups excluding carboxylic acids is 1. The molecule has 25 heavy (non-hydrogen) atoms. The third-order valence-electron chi connectivity index (χ3n) is 4.41. The SMILES string of the molecule is COc1cccc(C2=NC(=O)C3Cc4cccc(C)c4OC3=N2)c1O. The Morgan fingerprint density at radius 1 is 1.20 bits per heavy atom. The number of rotatable bonds is 2. The first-order chi connectivity index (χ1) is 12.1. The van der Waals surface area contributed by atoms with Crippen molar-refractivity contribution in [1.29, 1.82) is 0 Å². The number of aromatic hydroxyl groups is 1. The molecule has 0 fully saturated rings. The Hall–Kier alpha value is -3.15. The number of hydrogen-bond acceptors (Lipinski definition) is 5. The molecule has 0 saturated heterocycles. The van der Waals surface area contributed by atoms with Crippen molar-refractivity contribution in [1.82, 2.24) is 0 Å². The average Bonchev–Trinajstić information content (AvgIpc) is 2.61. The second-order valence-electron chi connectivity index (χ2n) is 6.00. The van der Waals surface area contributed by atoms with Gasteiger partial charge in [-0.25, -0.2) is 0 Å². The fourth-order valence-electron chi connectivity index (χ4n) is 3.10. The molecule has 126 valence electrons. The van der Waals surface area contributed by atoms with Crippen LogP contribution in [-0.4, -0.2) is 29.9 Å². The van der Waals surface area contributed by atoms with Crippen molar-refractivity contribution >= 4 is 17.6 Å². The quantitative estimate of drug-likeness (QED) is 0.914. The van der Waals surface area contributed by atoms with Gasteiger partial charge < -0.3 is 14.6 Å². The van der Waals surface area contributed by atoms with E-state index in [0.29, 0.717) is 23.6 Å². The van der Waals surface area contributed by atoms with E-state index in [1.807, 2.05) is 25.1 Å². The molecule has 2 aromatic carbocycles.